The molecule has 0 aliphatic carbocycles. The maximum atomic E-state index is 4.50. The van der Waals surface area contributed by atoms with E-state index >= 15 is 0 Å². The number of nitrogens with zero attached hydrogens (tertiary/aromatic N) is 1. The minimum atomic E-state index is 0.594. The Morgan fingerprint density at radius 2 is 1.90 bits per heavy atom. The van der Waals surface area contributed by atoms with Gasteiger partial charge < -0.3 is 0 Å². The molecule has 0 heterocycles. The second kappa shape index (κ2) is 7.07. The van der Waals surface area contributed by atoms with E-state index in [4.69, 9.17) is 0 Å². The molecule has 1 atom stereocenters. The highest BCUT2D eigenvalue weighted by atomic mass is 14.9. The van der Waals surface area contributed by atoms with Gasteiger partial charge in [0, 0.05) is 12.6 Å². The quantitative estimate of drug-likeness (QED) is 0.506. The minimum absolute atomic E-state index is 0.594. The molecule has 0 rings (SSSR count). The fraction of sp³-hybridized carbons (Fsp3) is 1.00. The molecule has 61 valence electrons. The highest BCUT2D eigenvalue weighted by Crippen LogP contribution is 1.96. The zero-order chi connectivity index (χ0) is 7.82. The molecule has 0 aromatic rings. The zero-order valence-corrected chi connectivity index (χ0v) is 7.56. The first-order chi connectivity index (χ1) is 4.81. The molecule has 0 saturated carbocycles. The Bertz CT molecular complexity index is 61.7. The van der Waals surface area contributed by atoms with E-state index in [-0.39, 0.29) is 0 Å². The molecule has 0 bridgehead atoms. The van der Waals surface area contributed by atoms with Crippen molar-refractivity contribution >= 4 is 0 Å². The van der Waals surface area contributed by atoms with Gasteiger partial charge in [-0.1, -0.05) is 26.7 Å². The topological polar surface area (TPSA) is 14.1 Å². The summed E-state index contributed by atoms with van der Waals surface area (Å²) in [5, 5.41) is 4.50. The summed E-state index contributed by atoms with van der Waals surface area (Å²) in [4.78, 5) is 0. The van der Waals surface area contributed by atoms with Crippen LogP contribution in [-0.4, -0.2) is 12.6 Å². The Kier molecular flexibility index (Phi) is 7.04. The summed E-state index contributed by atoms with van der Waals surface area (Å²) in [5.74, 6) is 0. The smallest absolute Gasteiger partial charge is 0.0217 e. The van der Waals surface area contributed by atoms with Crippen LogP contribution >= 0.6 is 0 Å². The number of hydrogen-bond donors (Lipinski definition) is 0. The summed E-state index contributed by atoms with van der Waals surface area (Å²) in [6.07, 6.45) is 5.04. The third-order valence-electron chi connectivity index (χ3n) is 1.66. The molecule has 1 radical (unpaired) electrons. The Labute approximate surface area is 65.2 Å². The lowest BCUT2D eigenvalue weighted by Gasteiger charge is -2.08. The van der Waals surface area contributed by atoms with Crippen LogP contribution in [-0.2, 0) is 0 Å². The van der Waals surface area contributed by atoms with Crippen LogP contribution in [0.5, 0.6) is 0 Å². The Balaban J connectivity index is 2.97. The van der Waals surface area contributed by atoms with Gasteiger partial charge in [0.05, 0.1) is 0 Å². The number of hydrogen-bond acceptors (Lipinski definition) is 0. The van der Waals surface area contributed by atoms with Crippen molar-refractivity contribution in [3.63, 3.8) is 0 Å². The maximum absolute atomic E-state index is 4.50. The summed E-state index contributed by atoms with van der Waals surface area (Å²) in [6, 6.07) is 0.594. The molecule has 0 fully saturated rings. The molecule has 0 aromatic heterocycles. The van der Waals surface area contributed by atoms with E-state index < -0.39 is 0 Å². The van der Waals surface area contributed by atoms with E-state index in [0.29, 0.717) is 6.04 Å². The van der Waals surface area contributed by atoms with E-state index in [0.717, 1.165) is 6.54 Å². The molecule has 0 aliphatic heterocycles. The van der Waals surface area contributed by atoms with Crippen molar-refractivity contribution in [2.75, 3.05) is 6.54 Å². The predicted molar refractivity (Wildman–Crippen MR) is 46.3 cm³/mol. The molecule has 10 heavy (non-hydrogen) atoms. The second-order valence-corrected chi connectivity index (χ2v) is 2.90. The summed E-state index contributed by atoms with van der Waals surface area (Å²) in [5.41, 5.74) is 0. The monoisotopic (exact) mass is 142 g/mol. The first-order valence-corrected chi connectivity index (χ1v) is 4.47. The first-order valence-electron chi connectivity index (χ1n) is 4.47. The standard InChI is InChI=1S/C9H20N/c1-4-6-8-10-9(3)7-5-2/h9H,4-8H2,1-3H3. The highest BCUT2D eigenvalue weighted by Gasteiger charge is 1.98. The van der Waals surface area contributed by atoms with Gasteiger partial charge in [-0.25, -0.2) is 5.32 Å². The third kappa shape index (κ3) is 6.09. The van der Waals surface area contributed by atoms with Crippen molar-refractivity contribution in [2.45, 2.75) is 52.5 Å². The van der Waals surface area contributed by atoms with E-state index in [9.17, 15) is 0 Å². The van der Waals surface area contributed by atoms with Crippen molar-refractivity contribution in [3.05, 3.63) is 0 Å². The summed E-state index contributed by atoms with van der Waals surface area (Å²) < 4.78 is 0. The maximum Gasteiger partial charge on any atom is 0.0217 e. The van der Waals surface area contributed by atoms with E-state index in [1.165, 1.54) is 25.7 Å². The van der Waals surface area contributed by atoms with Crippen molar-refractivity contribution in [2.24, 2.45) is 0 Å². The Hall–Kier alpha value is -0.0400. The normalized spacial score (nSPS) is 13.5. The molecule has 1 nitrogen and oxygen atoms in total. The van der Waals surface area contributed by atoms with Crippen LogP contribution in [0.25, 0.3) is 0 Å². The minimum Gasteiger partial charge on any atom is -0.239 e. The van der Waals surface area contributed by atoms with Crippen LogP contribution in [0.15, 0.2) is 0 Å². The van der Waals surface area contributed by atoms with Crippen LogP contribution in [0.1, 0.15) is 46.5 Å². The molecule has 0 spiro atoms. The van der Waals surface area contributed by atoms with Gasteiger partial charge in [-0.2, -0.15) is 0 Å². The van der Waals surface area contributed by atoms with Crippen molar-refractivity contribution in [1.29, 1.82) is 0 Å². The lowest BCUT2D eigenvalue weighted by Crippen LogP contribution is -2.18. The molecular formula is C9H20N. The molecule has 0 saturated heterocycles. The van der Waals surface area contributed by atoms with Gasteiger partial charge in [-0.15, -0.1) is 0 Å². The van der Waals surface area contributed by atoms with Crippen LogP contribution in [0.3, 0.4) is 0 Å². The van der Waals surface area contributed by atoms with Gasteiger partial charge >= 0.3 is 0 Å². The highest BCUT2D eigenvalue weighted by molar-refractivity contribution is 4.57. The van der Waals surface area contributed by atoms with E-state index in [1.807, 2.05) is 0 Å². The van der Waals surface area contributed by atoms with Gasteiger partial charge in [-0.05, 0) is 19.8 Å². The molecular weight excluding hydrogens is 122 g/mol. The van der Waals surface area contributed by atoms with E-state index in [1.54, 1.807) is 0 Å². The number of rotatable bonds is 6. The van der Waals surface area contributed by atoms with Crippen LogP contribution in [0.2, 0.25) is 0 Å². The molecule has 0 aromatic carbocycles. The Morgan fingerprint density at radius 3 is 2.40 bits per heavy atom. The molecule has 0 amide bonds. The fourth-order valence-electron chi connectivity index (χ4n) is 0.979. The SMILES string of the molecule is CCCC[N]C(C)CCC. The zero-order valence-electron chi connectivity index (χ0n) is 7.56. The summed E-state index contributed by atoms with van der Waals surface area (Å²) in [7, 11) is 0. The molecule has 1 heteroatoms. The fourth-order valence-corrected chi connectivity index (χ4v) is 0.979. The Morgan fingerprint density at radius 1 is 1.20 bits per heavy atom. The molecule has 0 aliphatic rings. The van der Waals surface area contributed by atoms with Gasteiger partial charge in [0.1, 0.15) is 0 Å². The van der Waals surface area contributed by atoms with E-state index in [2.05, 4.69) is 26.1 Å². The third-order valence-corrected chi connectivity index (χ3v) is 1.66. The van der Waals surface area contributed by atoms with Crippen LogP contribution in [0.4, 0.5) is 0 Å². The summed E-state index contributed by atoms with van der Waals surface area (Å²) >= 11 is 0. The largest absolute Gasteiger partial charge is 0.239 e. The van der Waals surface area contributed by atoms with Gasteiger partial charge in [0.25, 0.3) is 0 Å². The first kappa shape index (κ1) is 9.96. The summed E-state index contributed by atoms with van der Waals surface area (Å²) in [6.45, 7) is 7.70. The average molecular weight is 142 g/mol. The molecule has 1 unspecified atom stereocenters. The lowest BCUT2D eigenvalue weighted by atomic mass is 10.2. The number of unbranched alkanes of at least 4 members (excludes halogenated alkanes) is 1. The van der Waals surface area contributed by atoms with Gasteiger partial charge in [0.15, 0.2) is 0 Å². The predicted octanol–water partition coefficient (Wildman–Crippen LogP) is 2.58. The van der Waals surface area contributed by atoms with Crippen molar-refractivity contribution in [3.8, 4) is 0 Å². The van der Waals surface area contributed by atoms with Gasteiger partial charge in [0.2, 0.25) is 0 Å². The second-order valence-electron chi connectivity index (χ2n) is 2.90. The lowest BCUT2D eigenvalue weighted by molar-refractivity contribution is 0.489. The molecule has 0 N–H and O–H groups in total. The van der Waals surface area contributed by atoms with Crippen molar-refractivity contribution < 1.29 is 0 Å². The average Bonchev–Trinajstić information content (AvgIpc) is 1.89. The van der Waals surface area contributed by atoms with Crippen LogP contribution in [0, 0.1) is 0 Å². The van der Waals surface area contributed by atoms with Crippen molar-refractivity contribution in [1.82, 2.24) is 5.32 Å². The van der Waals surface area contributed by atoms with Gasteiger partial charge in [-0.3, -0.25) is 0 Å². The van der Waals surface area contributed by atoms with Crippen LogP contribution < -0.4 is 5.32 Å².